The Morgan fingerprint density at radius 1 is 1.37 bits per heavy atom. The lowest BCUT2D eigenvalue weighted by Gasteiger charge is -2.17. The van der Waals surface area contributed by atoms with Crippen molar-refractivity contribution in [1.29, 1.82) is 0 Å². The predicted octanol–water partition coefficient (Wildman–Crippen LogP) is -0.103. The number of aromatic nitrogens is 2. The summed E-state index contributed by atoms with van der Waals surface area (Å²) in [5.74, 6) is 0.746. The van der Waals surface area contributed by atoms with Gasteiger partial charge in [-0.2, -0.15) is 4.98 Å². The summed E-state index contributed by atoms with van der Waals surface area (Å²) in [6.07, 6.45) is -2.85. The molecule has 4 atom stereocenters. The zero-order valence-electron chi connectivity index (χ0n) is 14.6. The summed E-state index contributed by atoms with van der Waals surface area (Å²) in [7, 11) is 1.57. The van der Waals surface area contributed by atoms with E-state index in [2.05, 4.69) is 10.3 Å². The molecule has 5 N–H and O–H groups in total. The quantitative estimate of drug-likeness (QED) is 0.532. The standard InChI is InChI=1S/C17H21ClN4O5/c1-26-11-3-2-10(18)6-9(11)7-20-8-12-14(23)15(24)16(27-12)22-5-4-13(19)21-17(22)25/h2-6,12,14-16,20,23-24H,7-8H2,1H3,(H2,19,21,25)/t12-,14-,15-,16-/m1/s1. The van der Waals surface area contributed by atoms with Gasteiger partial charge < -0.3 is 30.7 Å². The second-order valence-corrected chi connectivity index (χ2v) is 6.61. The molecule has 0 radical (unpaired) electrons. The van der Waals surface area contributed by atoms with Crippen LogP contribution in [0.15, 0.2) is 35.3 Å². The maximum absolute atomic E-state index is 11.9. The third-order valence-corrected chi connectivity index (χ3v) is 4.60. The molecule has 0 unspecified atom stereocenters. The summed E-state index contributed by atoms with van der Waals surface area (Å²) in [4.78, 5) is 15.5. The number of aliphatic hydroxyl groups is 2. The van der Waals surface area contributed by atoms with Gasteiger partial charge in [0.05, 0.1) is 7.11 Å². The maximum Gasteiger partial charge on any atom is 0.351 e. The van der Waals surface area contributed by atoms with E-state index in [-0.39, 0.29) is 12.4 Å². The average molecular weight is 397 g/mol. The van der Waals surface area contributed by atoms with Crippen LogP contribution < -0.4 is 21.5 Å². The van der Waals surface area contributed by atoms with Crippen molar-refractivity contribution in [3.8, 4) is 5.75 Å². The number of nitrogen functional groups attached to an aromatic ring is 1. The number of nitrogens with zero attached hydrogens (tertiary/aromatic N) is 2. The normalized spacial score (nSPS) is 24.9. The van der Waals surface area contributed by atoms with Gasteiger partial charge in [-0.15, -0.1) is 0 Å². The molecule has 0 saturated carbocycles. The molecule has 1 aromatic heterocycles. The summed E-state index contributed by atoms with van der Waals surface area (Å²) < 4.78 is 12.1. The van der Waals surface area contributed by atoms with Crippen LogP contribution in [0.3, 0.4) is 0 Å². The lowest BCUT2D eigenvalue weighted by atomic mass is 10.1. The Morgan fingerprint density at radius 2 is 2.15 bits per heavy atom. The van der Waals surface area contributed by atoms with Gasteiger partial charge in [0, 0.05) is 29.9 Å². The molecule has 1 aromatic carbocycles. The van der Waals surface area contributed by atoms with Gasteiger partial charge in [-0.1, -0.05) is 11.6 Å². The van der Waals surface area contributed by atoms with Gasteiger partial charge in [0.2, 0.25) is 0 Å². The van der Waals surface area contributed by atoms with Crippen LogP contribution in [0.5, 0.6) is 5.75 Å². The fourth-order valence-electron chi connectivity index (χ4n) is 2.98. The molecule has 0 spiro atoms. The minimum Gasteiger partial charge on any atom is -0.496 e. The summed E-state index contributed by atoms with van der Waals surface area (Å²) >= 11 is 6.01. The van der Waals surface area contributed by atoms with Gasteiger partial charge in [0.15, 0.2) is 6.23 Å². The Bertz CT molecular complexity index is 861. The van der Waals surface area contributed by atoms with Crippen LogP contribution in [-0.2, 0) is 11.3 Å². The van der Waals surface area contributed by atoms with Gasteiger partial charge in [-0.3, -0.25) is 4.57 Å². The molecular weight excluding hydrogens is 376 g/mol. The maximum atomic E-state index is 11.9. The first-order valence-electron chi connectivity index (χ1n) is 8.30. The molecule has 1 saturated heterocycles. The number of nitrogens with one attached hydrogen (secondary N) is 1. The van der Waals surface area contributed by atoms with E-state index in [1.807, 2.05) is 0 Å². The zero-order valence-corrected chi connectivity index (χ0v) is 15.3. The molecule has 1 aliphatic rings. The van der Waals surface area contributed by atoms with Gasteiger partial charge in [-0.05, 0) is 24.3 Å². The number of halogens is 1. The molecule has 0 bridgehead atoms. The molecule has 146 valence electrons. The first kappa shape index (κ1) is 19.6. The van der Waals surface area contributed by atoms with Crippen LogP contribution in [0, 0.1) is 0 Å². The Morgan fingerprint density at radius 3 is 2.85 bits per heavy atom. The van der Waals surface area contributed by atoms with Crippen molar-refractivity contribution in [2.75, 3.05) is 19.4 Å². The van der Waals surface area contributed by atoms with Crippen LogP contribution in [0.4, 0.5) is 5.82 Å². The molecule has 9 nitrogen and oxygen atoms in total. The molecule has 27 heavy (non-hydrogen) atoms. The highest BCUT2D eigenvalue weighted by Gasteiger charge is 2.43. The van der Waals surface area contributed by atoms with Crippen LogP contribution in [-0.4, -0.2) is 51.7 Å². The summed E-state index contributed by atoms with van der Waals surface area (Å²) in [5.41, 5.74) is 5.64. The highest BCUT2D eigenvalue weighted by Crippen LogP contribution is 2.28. The van der Waals surface area contributed by atoms with E-state index in [1.54, 1.807) is 25.3 Å². The first-order chi connectivity index (χ1) is 12.9. The zero-order chi connectivity index (χ0) is 19.6. The number of nitrogens with two attached hydrogens (primary N) is 1. The van der Waals surface area contributed by atoms with E-state index >= 15 is 0 Å². The van der Waals surface area contributed by atoms with Crippen LogP contribution >= 0.6 is 11.6 Å². The SMILES string of the molecule is COc1ccc(Cl)cc1CNC[C@H]1O[C@@H](n2ccc(N)nc2=O)[C@H](O)[C@@H]1O. The number of hydrogen-bond acceptors (Lipinski definition) is 8. The lowest BCUT2D eigenvalue weighted by molar-refractivity contribution is -0.0390. The van der Waals surface area contributed by atoms with Crippen molar-refractivity contribution in [3.05, 3.63) is 51.5 Å². The fourth-order valence-corrected chi connectivity index (χ4v) is 3.18. The molecule has 3 rings (SSSR count). The fraction of sp³-hybridized carbons (Fsp3) is 0.412. The first-order valence-corrected chi connectivity index (χ1v) is 8.68. The number of benzene rings is 1. The van der Waals surface area contributed by atoms with E-state index in [0.717, 1.165) is 10.1 Å². The van der Waals surface area contributed by atoms with E-state index in [9.17, 15) is 15.0 Å². The van der Waals surface area contributed by atoms with Crippen molar-refractivity contribution < 1.29 is 19.7 Å². The lowest BCUT2D eigenvalue weighted by Crippen LogP contribution is -2.38. The molecule has 2 aromatic rings. The molecule has 10 heteroatoms. The van der Waals surface area contributed by atoms with Crippen molar-refractivity contribution in [2.45, 2.75) is 31.1 Å². The monoisotopic (exact) mass is 396 g/mol. The highest BCUT2D eigenvalue weighted by atomic mass is 35.5. The predicted molar refractivity (Wildman–Crippen MR) is 98.5 cm³/mol. The molecular formula is C17H21ClN4O5. The van der Waals surface area contributed by atoms with Crippen molar-refractivity contribution in [3.63, 3.8) is 0 Å². The Kier molecular flexibility index (Phi) is 5.98. The van der Waals surface area contributed by atoms with Crippen LogP contribution in [0.1, 0.15) is 11.8 Å². The van der Waals surface area contributed by atoms with Gasteiger partial charge in [0.1, 0.15) is 29.9 Å². The largest absolute Gasteiger partial charge is 0.496 e. The van der Waals surface area contributed by atoms with E-state index in [4.69, 9.17) is 26.8 Å². The van der Waals surface area contributed by atoms with Crippen LogP contribution in [0.2, 0.25) is 5.02 Å². The average Bonchev–Trinajstić information content (AvgIpc) is 2.90. The Labute approximate surface area is 160 Å². The number of rotatable bonds is 6. The van der Waals surface area contributed by atoms with Crippen molar-refractivity contribution >= 4 is 17.4 Å². The topological polar surface area (TPSA) is 132 Å². The molecule has 0 amide bonds. The second-order valence-electron chi connectivity index (χ2n) is 6.18. The number of anilines is 1. The minimum atomic E-state index is -1.28. The Balaban J connectivity index is 1.65. The number of hydrogen-bond donors (Lipinski definition) is 4. The third kappa shape index (κ3) is 4.23. The molecule has 1 aliphatic heterocycles. The number of ether oxygens (including phenoxy) is 2. The highest BCUT2D eigenvalue weighted by molar-refractivity contribution is 6.30. The summed E-state index contributed by atoms with van der Waals surface area (Å²) in [5, 5.41) is 24.2. The van der Waals surface area contributed by atoms with Gasteiger partial charge in [0.25, 0.3) is 0 Å². The van der Waals surface area contributed by atoms with Gasteiger partial charge >= 0.3 is 5.69 Å². The number of methoxy groups -OCH3 is 1. The molecule has 1 fully saturated rings. The molecule has 2 heterocycles. The van der Waals surface area contributed by atoms with E-state index < -0.39 is 30.2 Å². The van der Waals surface area contributed by atoms with Gasteiger partial charge in [-0.25, -0.2) is 4.79 Å². The van der Waals surface area contributed by atoms with Crippen LogP contribution in [0.25, 0.3) is 0 Å². The summed E-state index contributed by atoms with van der Waals surface area (Å²) in [6, 6.07) is 6.69. The van der Waals surface area contributed by atoms with Crippen molar-refractivity contribution in [1.82, 2.24) is 14.9 Å². The van der Waals surface area contributed by atoms with Crippen molar-refractivity contribution in [2.24, 2.45) is 0 Å². The smallest absolute Gasteiger partial charge is 0.351 e. The second kappa shape index (κ2) is 8.24. The summed E-state index contributed by atoms with van der Waals surface area (Å²) in [6.45, 7) is 0.655. The third-order valence-electron chi connectivity index (χ3n) is 4.37. The van der Waals surface area contributed by atoms with E-state index in [1.165, 1.54) is 12.3 Å². The minimum absolute atomic E-state index is 0.0676. The molecule has 0 aliphatic carbocycles. The van der Waals surface area contributed by atoms with E-state index in [0.29, 0.717) is 17.3 Å². The Hall–Kier alpha value is -2.17. The number of aliphatic hydroxyl groups excluding tert-OH is 2.